The van der Waals surface area contributed by atoms with Crippen LogP contribution in [0.1, 0.15) is 39.3 Å². The van der Waals surface area contributed by atoms with E-state index in [1.54, 1.807) is 39.8 Å². The van der Waals surface area contributed by atoms with Crippen LogP contribution in [0.4, 0.5) is 13.6 Å². The van der Waals surface area contributed by atoms with Crippen LogP contribution >= 0.6 is 0 Å². The summed E-state index contributed by atoms with van der Waals surface area (Å²) in [5.74, 6) is 0.0634. The van der Waals surface area contributed by atoms with Gasteiger partial charge in [0, 0.05) is 6.04 Å². The van der Waals surface area contributed by atoms with Gasteiger partial charge in [0.2, 0.25) is 0 Å². The van der Waals surface area contributed by atoms with Crippen molar-refractivity contribution >= 4 is 6.09 Å². The minimum atomic E-state index is -2.87. The maximum Gasteiger partial charge on any atom is 0.422 e. The lowest BCUT2D eigenvalue weighted by atomic mass is 10.1. The average molecular weight is 302 g/mol. The highest BCUT2D eigenvalue weighted by atomic mass is 19.3. The van der Waals surface area contributed by atoms with Crippen molar-refractivity contribution < 1.29 is 23.0 Å². The minimum absolute atomic E-state index is 0.0634. The third-order valence-corrected chi connectivity index (χ3v) is 2.37. The van der Waals surface area contributed by atoms with Crippen molar-refractivity contribution in [3.8, 4) is 5.75 Å². The van der Waals surface area contributed by atoms with E-state index in [2.05, 4.69) is 15.6 Å². The van der Waals surface area contributed by atoms with E-state index in [4.69, 9.17) is 4.74 Å². The van der Waals surface area contributed by atoms with Gasteiger partial charge in [0.1, 0.15) is 11.4 Å². The van der Waals surface area contributed by atoms with Crippen LogP contribution in [-0.4, -0.2) is 18.3 Å². The third kappa shape index (κ3) is 6.89. The first-order chi connectivity index (χ1) is 9.67. The second kappa shape index (κ2) is 7.21. The first-order valence-electron chi connectivity index (χ1n) is 6.46. The quantitative estimate of drug-likeness (QED) is 0.819. The predicted octanol–water partition coefficient (Wildman–Crippen LogP) is 3.38. The van der Waals surface area contributed by atoms with E-state index in [0.29, 0.717) is 5.56 Å². The molecule has 1 amide bonds. The first kappa shape index (κ1) is 17.2. The Labute approximate surface area is 122 Å². The summed E-state index contributed by atoms with van der Waals surface area (Å²) in [5, 5.41) is 0. The second-order valence-electron chi connectivity index (χ2n) is 5.44. The summed E-state index contributed by atoms with van der Waals surface area (Å²) < 4.78 is 33.7. The smallest absolute Gasteiger partial charge is 0.422 e. The molecule has 0 spiro atoms. The van der Waals surface area contributed by atoms with E-state index >= 15 is 0 Å². The lowest BCUT2D eigenvalue weighted by Gasteiger charge is -2.21. The fourth-order valence-corrected chi connectivity index (χ4v) is 1.51. The van der Waals surface area contributed by atoms with Crippen molar-refractivity contribution in [3.63, 3.8) is 0 Å². The predicted molar refractivity (Wildman–Crippen MR) is 74.0 cm³/mol. The number of hydrogen-bond acceptors (Lipinski definition) is 4. The van der Waals surface area contributed by atoms with Crippen LogP contribution in [0, 0.1) is 0 Å². The molecule has 0 aliphatic rings. The molecule has 0 bridgehead atoms. The van der Waals surface area contributed by atoms with E-state index in [1.807, 2.05) is 0 Å². The maximum atomic E-state index is 12.2. The van der Waals surface area contributed by atoms with Gasteiger partial charge in [0.15, 0.2) is 0 Å². The van der Waals surface area contributed by atoms with Gasteiger partial charge >= 0.3 is 12.7 Å². The maximum absolute atomic E-state index is 12.2. The number of carbonyl (C=O) groups is 1. The summed E-state index contributed by atoms with van der Waals surface area (Å²) in [6, 6.07) is 5.93. The molecule has 2 N–H and O–H groups in total. The number of benzene rings is 1. The van der Waals surface area contributed by atoms with Crippen LogP contribution < -0.4 is 15.6 Å². The van der Waals surface area contributed by atoms with Crippen molar-refractivity contribution in [1.29, 1.82) is 0 Å². The Morgan fingerprint density at radius 2 is 1.95 bits per heavy atom. The summed E-state index contributed by atoms with van der Waals surface area (Å²) in [7, 11) is 0. The molecule has 118 valence electrons. The number of hydrogen-bond donors (Lipinski definition) is 2. The number of amides is 1. The van der Waals surface area contributed by atoms with Crippen LogP contribution in [0.5, 0.6) is 5.75 Å². The Balaban J connectivity index is 2.55. The summed E-state index contributed by atoms with van der Waals surface area (Å²) in [4.78, 5) is 11.5. The van der Waals surface area contributed by atoms with Gasteiger partial charge in [-0.2, -0.15) is 8.78 Å². The normalized spacial score (nSPS) is 12.9. The Kier molecular flexibility index (Phi) is 5.90. The second-order valence-corrected chi connectivity index (χ2v) is 5.44. The number of nitrogens with one attached hydrogen (secondary N) is 2. The van der Waals surface area contributed by atoms with Crippen LogP contribution in [0.15, 0.2) is 24.3 Å². The molecule has 0 aliphatic heterocycles. The molecule has 0 aliphatic carbocycles. The van der Waals surface area contributed by atoms with Gasteiger partial charge < -0.3 is 9.47 Å². The van der Waals surface area contributed by atoms with Crippen LogP contribution in [0.3, 0.4) is 0 Å². The van der Waals surface area contributed by atoms with Crippen molar-refractivity contribution in [2.24, 2.45) is 0 Å². The van der Waals surface area contributed by atoms with Gasteiger partial charge in [-0.1, -0.05) is 12.1 Å². The summed E-state index contributed by atoms with van der Waals surface area (Å²) in [6.07, 6.45) is -0.616. The Bertz CT molecular complexity index is 476. The number of rotatable bonds is 5. The summed E-state index contributed by atoms with van der Waals surface area (Å²) in [6.45, 7) is 4.14. The number of ether oxygens (including phenoxy) is 2. The molecule has 21 heavy (non-hydrogen) atoms. The standard InChI is InChI=1S/C14H20F2N2O3/c1-9(17-18-13(19)21-14(2,3)4)10-6-5-7-11(8-10)20-12(15)16/h5-9,12,17H,1-4H3,(H,18,19). The molecule has 0 aromatic heterocycles. The summed E-state index contributed by atoms with van der Waals surface area (Å²) in [5.41, 5.74) is 5.22. The zero-order valence-electron chi connectivity index (χ0n) is 12.4. The average Bonchev–Trinajstić information content (AvgIpc) is 2.33. The Morgan fingerprint density at radius 3 is 2.52 bits per heavy atom. The number of hydrazine groups is 1. The lowest BCUT2D eigenvalue weighted by molar-refractivity contribution is -0.0499. The number of carbonyl (C=O) groups excluding carboxylic acids is 1. The van der Waals surface area contributed by atoms with Crippen molar-refractivity contribution in [1.82, 2.24) is 10.9 Å². The molecule has 1 rings (SSSR count). The van der Waals surface area contributed by atoms with Gasteiger partial charge in [-0.15, -0.1) is 0 Å². The Hall–Kier alpha value is -1.89. The molecule has 1 atom stereocenters. The fraction of sp³-hybridized carbons (Fsp3) is 0.500. The van der Waals surface area contributed by atoms with E-state index in [1.165, 1.54) is 12.1 Å². The lowest BCUT2D eigenvalue weighted by Crippen LogP contribution is -2.42. The molecule has 0 radical (unpaired) electrons. The molecule has 7 heteroatoms. The van der Waals surface area contributed by atoms with E-state index < -0.39 is 18.3 Å². The van der Waals surface area contributed by atoms with Crippen LogP contribution in [0.25, 0.3) is 0 Å². The molecular formula is C14H20F2N2O3. The number of alkyl halides is 2. The first-order valence-corrected chi connectivity index (χ1v) is 6.46. The highest BCUT2D eigenvalue weighted by Crippen LogP contribution is 2.20. The molecule has 0 heterocycles. The zero-order valence-corrected chi connectivity index (χ0v) is 12.4. The van der Waals surface area contributed by atoms with E-state index in [9.17, 15) is 13.6 Å². The zero-order chi connectivity index (χ0) is 16.0. The van der Waals surface area contributed by atoms with Gasteiger partial charge in [-0.25, -0.2) is 10.2 Å². The van der Waals surface area contributed by atoms with Crippen LogP contribution in [0.2, 0.25) is 0 Å². The topological polar surface area (TPSA) is 59.6 Å². The Morgan fingerprint density at radius 1 is 1.29 bits per heavy atom. The molecule has 0 saturated heterocycles. The van der Waals surface area contributed by atoms with Gasteiger partial charge in [-0.05, 0) is 45.4 Å². The van der Waals surface area contributed by atoms with Crippen molar-refractivity contribution in [2.75, 3.05) is 0 Å². The minimum Gasteiger partial charge on any atom is -0.443 e. The number of halogens is 2. The van der Waals surface area contributed by atoms with Crippen molar-refractivity contribution in [3.05, 3.63) is 29.8 Å². The molecule has 5 nitrogen and oxygen atoms in total. The highest BCUT2D eigenvalue weighted by Gasteiger charge is 2.16. The highest BCUT2D eigenvalue weighted by molar-refractivity contribution is 5.67. The largest absolute Gasteiger partial charge is 0.443 e. The summed E-state index contributed by atoms with van der Waals surface area (Å²) >= 11 is 0. The van der Waals surface area contributed by atoms with Gasteiger partial charge in [0.05, 0.1) is 0 Å². The van der Waals surface area contributed by atoms with Crippen molar-refractivity contribution in [2.45, 2.75) is 45.9 Å². The molecular weight excluding hydrogens is 282 g/mol. The molecule has 1 aromatic rings. The molecule has 1 unspecified atom stereocenters. The van der Waals surface area contributed by atoms with Gasteiger partial charge in [0.25, 0.3) is 0 Å². The monoisotopic (exact) mass is 302 g/mol. The molecule has 0 fully saturated rings. The molecule has 1 aromatic carbocycles. The SMILES string of the molecule is CC(NNC(=O)OC(C)(C)C)c1cccc(OC(F)F)c1. The van der Waals surface area contributed by atoms with E-state index in [0.717, 1.165) is 0 Å². The van der Waals surface area contributed by atoms with E-state index in [-0.39, 0.29) is 11.8 Å². The third-order valence-electron chi connectivity index (χ3n) is 2.37. The van der Waals surface area contributed by atoms with Crippen LogP contribution in [-0.2, 0) is 4.74 Å². The van der Waals surface area contributed by atoms with Gasteiger partial charge in [-0.3, -0.25) is 5.43 Å². The molecule has 0 saturated carbocycles. The fourth-order valence-electron chi connectivity index (χ4n) is 1.51.